The molecular weight excluding hydrogens is 596 g/mol. The zero-order valence-corrected chi connectivity index (χ0v) is 25.8. The summed E-state index contributed by atoms with van der Waals surface area (Å²) in [5.41, 5.74) is 9.43. The van der Waals surface area contributed by atoms with E-state index < -0.39 is 11.6 Å². The summed E-state index contributed by atoms with van der Waals surface area (Å²) in [5, 5.41) is 3.80. The van der Waals surface area contributed by atoms with Crippen LogP contribution in [0, 0.1) is 6.92 Å². The number of para-hydroxylation sites is 2. The summed E-state index contributed by atoms with van der Waals surface area (Å²) < 4.78 is 6.80. The Kier molecular flexibility index (Phi) is 8.25. The molecule has 0 radical (unpaired) electrons. The van der Waals surface area contributed by atoms with Crippen LogP contribution in [-0.4, -0.2) is 35.8 Å². The molecule has 0 bridgehead atoms. The maximum atomic E-state index is 14.2. The molecule has 218 valence electrons. The Morgan fingerprint density at radius 1 is 1.07 bits per heavy atom. The van der Waals surface area contributed by atoms with Crippen LogP contribution in [0.1, 0.15) is 55.1 Å². The molecule has 0 spiro atoms. The predicted octanol–water partition coefficient (Wildman–Crippen LogP) is 6.39. The standard InChI is InChI=1S/C33H35BrN4O4/c1-5-37(32-29(34)23-12-7-9-16-27(23)42-32)30(40)22-13-10-15-25(20(22)2)38-26-14-8-6-11-21(26)17-18-24(31(38)41)36-28(39)19-33(3,4)35/h6-16,24H,5,17-19,35H2,1-4H3,(H,36,39). The number of halogens is 1. The highest BCUT2D eigenvalue weighted by Crippen LogP contribution is 2.39. The van der Waals surface area contributed by atoms with Crippen molar-refractivity contribution in [2.24, 2.45) is 5.73 Å². The number of hydrogen-bond donors (Lipinski definition) is 2. The molecule has 8 nitrogen and oxygen atoms in total. The van der Waals surface area contributed by atoms with E-state index in [0.717, 1.165) is 16.6 Å². The molecule has 1 aliphatic rings. The van der Waals surface area contributed by atoms with Gasteiger partial charge in [-0.05, 0) is 97.9 Å². The first kappa shape index (κ1) is 29.5. The van der Waals surface area contributed by atoms with Gasteiger partial charge in [0.1, 0.15) is 11.6 Å². The number of nitrogens with one attached hydrogen (secondary N) is 1. The van der Waals surface area contributed by atoms with Crippen molar-refractivity contribution in [2.75, 3.05) is 16.3 Å². The lowest BCUT2D eigenvalue weighted by molar-refractivity contribution is -0.127. The highest BCUT2D eigenvalue weighted by atomic mass is 79.9. The fraction of sp³-hybridized carbons (Fsp3) is 0.303. The Balaban J connectivity index is 1.54. The summed E-state index contributed by atoms with van der Waals surface area (Å²) in [7, 11) is 0. The molecule has 0 fully saturated rings. The number of nitrogens with zero attached hydrogens (tertiary/aromatic N) is 2. The summed E-state index contributed by atoms with van der Waals surface area (Å²) >= 11 is 3.63. The van der Waals surface area contributed by atoms with Crippen molar-refractivity contribution >= 4 is 61.9 Å². The third kappa shape index (κ3) is 5.71. The van der Waals surface area contributed by atoms with E-state index in [4.69, 9.17) is 10.2 Å². The number of carbonyl (C=O) groups is 3. The van der Waals surface area contributed by atoms with Crippen molar-refractivity contribution in [3.8, 4) is 0 Å². The van der Waals surface area contributed by atoms with Crippen LogP contribution < -0.4 is 20.9 Å². The second kappa shape index (κ2) is 11.7. The molecule has 42 heavy (non-hydrogen) atoms. The Labute approximate surface area is 254 Å². The van der Waals surface area contributed by atoms with Gasteiger partial charge in [-0.3, -0.25) is 24.2 Å². The zero-order chi connectivity index (χ0) is 30.2. The van der Waals surface area contributed by atoms with E-state index in [1.165, 1.54) is 0 Å². The van der Waals surface area contributed by atoms with E-state index in [1.807, 2.05) is 68.4 Å². The minimum absolute atomic E-state index is 0.0942. The number of hydrogen-bond acceptors (Lipinski definition) is 5. The summed E-state index contributed by atoms with van der Waals surface area (Å²) in [6, 6.07) is 19.9. The van der Waals surface area contributed by atoms with Crippen molar-refractivity contribution in [1.29, 1.82) is 0 Å². The topological polar surface area (TPSA) is 109 Å². The second-order valence-electron chi connectivity index (χ2n) is 11.3. The van der Waals surface area contributed by atoms with Gasteiger partial charge in [0.15, 0.2) is 0 Å². The van der Waals surface area contributed by atoms with Crippen LogP contribution >= 0.6 is 15.9 Å². The number of rotatable bonds is 7. The van der Waals surface area contributed by atoms with Crippen molar-refractivity contribution in [3.05, 3.63) is 87.9 Å². The van der Waals surface area contributed by atoms with E-state index in [9.17, 15) is 14.4 Å². The summed E-state index contributed by atoms with van der Waals surface area (Å²) in [4.78, 5) is 44.3. The number of aryl methyl sites for hydroxylation is 1. The molecular formula is C33H35BrN4O4. The molecule has 1 atom stereocenters. The molecule has 4 aromatic rings. The summed E-state index contributed by atoms with van der Waals surface area (Å²) in [6.45, 7) is 7.66. The average Bonchev–Trinajstić information content (AvgIpc) is 3.20. The smallest absolute Gasteiger partial charge is 0.260 e. The van der Waals surface area contributed by atoms with Crippen LogP contribution in [0.15, 0.2) is 75.6 Å². The molecule has 5 rings (SSSR count). The van der Waals surface area contributed by atoms with Gasteiger partial charge < -0.3 is 15.5 Å². The molecule has 3 amide bonds. The fourth-order valence-corrected chi connectivity index (χ4v) is 6.10. The molecule has 3 aromatic carbocycles. The number of anilines is 3. The lowest BCUT2D eigenvalue weighted by Gasteiger charge is -2.29. The first-order valence-corrected chi connectivity index (χ1v) is 14.9. The molecule has 1 aromatic heterocycles. The Morgan fingerprint density at radius 2 is 1.76 bits per heavy atom. The van der Waals surface area contributed by atoms with Crippen LogP contribution in [0.2, 0.25) is 0 Å². The normalized spacial score (nSPS) is 15.3. The third-order valence-corrected chi connectivity index (χ3v) is 8.27. The zero-order valence-electron chi connectivity index (χ0n) is 24.2. The maximum Gasteiger partial charge on any atom is 0.260 e. The Morgan fingerprint density at radius 3 is 2.48 bits per heavy atom. The van der Waals surface area contributed by atoms with Crippen LogP contribution in [-0.2, 0) is 16.0 Å². The third-order valence-electron chi connectivity index (χ3n) is 7.51. The van der Waals surface area contributed by atoms with E-state index >= 15 is 0 Å². The van der Waals surface area contributed by atoms with E-state index in [-0.39, 0.29) is 24.1 Å². The maximum absolute atomic E-state index is 14.2. The SMILES string of the molecule is CCN(C(=O)c1cccc(N2C(=O)C(NC(=O)CC(C)(C)N)CCc3ccccc32)c1C)c1oc2ccccc2c1Br. The second-order valence-corrected chi connectivity index (χ2v) is 12.1. The van der Waals surface area contributed by atoms with Gasteiger partial charge in [-0.25, -0.2) is 0 Å². The van der Waals surface area contributed by atoms with Gasteiger partial charge in [-0.2, -0.15) is 0 Å². The van der Waals surface area contributed by atoms with Gasteiger partial charge in [0.05, 0.1) is 15.8 Å². The highest BCUT2D eigenvalue weighted by molar-refractivity contribution is 9.10. The van der Waals surface area contributed by atoms with Gasteiger partial charge in [-0.15, -0.1) is 0 Å². The van der Waals surface area contributed by atoms with Crippen LogP contribution in [0.25, 0.3) is 11.0 Å². The van der Waals surface area contributed by atoms with Gasteiger partial charge >= 0.3 is 0 Å². The molecule has 0 saturated heterocycles. The first-order valence-electron chi connectivity index (χ1n) is 14.1. The molecule has 2 heterocycles. The van der Waals surface area contributed by atoms with Gasteiger partial charge in [0, 0.05) is 29.5 Å². The van der Waals surface area contributed by atoms with Crippen LogP contribution in [0.4, 0.5) is 17.3 Å². The molecule has 1 unspecified atom stereocenters. The number of carbonyl (C=O) groups excluding carboxylic acids is 3. The highest BCUT2D eigenvalue weighted by Gasteiger charge is 2.35. The molecule has 0 aliphatic carbocycles. The minimum atomic E-state index is -0.746. The quantitative estimate of drug-likeness (QED) is 0.246. The van der Waals surface area contributed by atoms with Gasteiger partial charge in [-0.1, -0.05) is 36.4 Å². The average molecular weight is 632 g/mol. The van der Waals surface area contributed by atoms with Crippen molar-refractivity contribution in [1.82, 2.24) is 5.32 Å². The molecule has 1 aliphatic heterocycles. The Bertz CT molecular complexity index is 1670. The van der Waals surface area contributed by atoms with Crippen molar-refractivity contribution < 1.29 is 18.8 Å². The van der Waals surface area contributed by atoms with E-state index in [2.05, 4.69) is 21.2 Å². The largest absolute Gasteiger partial charge is 0.439 e. The predicted molar refractivity (Wildman–Crippen MR) is 169 cm³/mol. The number of benzene rings is 3. The van der Waals surface area contributed by atoms with Crippen LogP contribution in [0.5, 0.6) is 0 Å². The lowest BCUT2D eigenvalue weighted by Crippen LogP contribution is -2.49. The monoisotopic (exact) mass is 630 g/mol. The number of nitrogens with two attached hydrogens (primary N) is 1. The minimum Gasteiger partial charge on any atom is -0.439 e. The van der Waals surface area contributed by atoms with Crippen molar-refractivity contribution in [2.45, 2.75) is 58.5 Å². The lowest BCUT2D eigenvalue weighted by atomic mass is 10.0. The molecule has 0 saturated carbocycles. The van der Waals surface area contributed by atoms with Gasteiger partial charge in [0.25, 0.3) is 11.8 Å². The van der Waals surface area contributed by atoms with E-state index in [1.54, 1.807) is 35.8 Å². The first-order chi connectivity index (χ1) is 20.0. The number of furan rings is 1. The van der Waals surface area contributed by atoms with E-state index in [0.29, 0.717) is 52.1 Å². The van der Waals surface area contributed by atoms with Crippen LogP contribution in [0.3, 0.4) is 0 Å². The van der Waals surface area contributed by atoms with Crippen molar-refractivity contribution in [3.63, 3.8) is 0 Å². The molecule has 3 N–H and O–H groups in total. The van der Waals surface area contributed by atoms with Gasteiger partial charge in [0.2, 0.25) is 11.8 Å². The number of amides is 3. The fourth-order valence-electron chi connectivity index (χ4n) is 5.48. The Hall–Kier alpha value is -3.95. The molecule has 9 heteroatoms. The summed E-state index contributed by atoms with van der Waals surface area (Å²) in [6.07, 6.45) is 1.15. The summed E-state index contributed by atoms with van der Waals surface area (Å²) in [5.74, 6) is -0.358. The number of fused-ring (bicyclic) bond motifs is 2.